The second kappa shape index (κ2) is 11.5. The molecular weight excluding hydrogens is 556 g/mol. The fourth-order valence-corrected chi connectivity index (χ4v) is 5.75. The van der Waals surface area contributed by atoms with Crippen molar-refractivity contribution >= 4 is 39.6 Å². The number of aromatic nitrogens is 4. The Morgan fingerprint density at radius 3 is 2.89 bits per heavy atom. The molecule has 11 heteroatoms. The van der Waals surface area contributed by atoms with Crippen LogP contribution in [0.25, 0.3) is 16.6 Å². The lowest BCUT2D eigenvalue weighted by Crippen LogP contribution is -2.56. The zero-order chi connectivity index (χ0) is 30.2. The first kappa shape index (κ1) is 27.7. The SMILES string of the molecule is Cc1cc(Nc2ncnc3cc4c(cc23)N2CCN(C(=O)/C=C/CN(C)C)[C@@H](CO4)C2)ccc1Oc1ccn2ccnc2c1. The van der Waals surface area contributed by atoms with E-state index < -0.39 is 0 Å². The molecule has 5 aromatic rings. The molecule has 5 heterocycles. The number of anilines is 3. The quantitative estimate of drug-likeness (QED) is 0.272. The van der Waals surface area contributed by atoms with E-state index in [1.807, 2.05) is 90.1 Å². The van der Waals surface area contributed by atoms with Gasteiger partial charge in [0, 0.05) is 74.1 Å². The molecule has 2 bridgehead atoms. The molecule has 1 amide bonds. The van der Waals surface area contributed by atoms with Gasteiger partial charge in [0.2, 0.25) is 5.91 Å². The van der Waals surface area contributed by atoms with Gasteiger partial charge in [-0.05, 0) is 56.9 Å². The van der Waals surface area contributed by atoms with Gasteiger partial charge in [0.1, 0.15) is 41.6 Å². The van der Waals surface area contributed by atoms with E-state index in [1.165, 1.54) is 0 Å². The maximum absolute atomic E-state index is 13.0. The summed E-state index contributed by atoms with van der Waals surface area (Å²) in [6.07, 6.45) is 10.7. The molecule has 2 aliphatic heterocycles. The number of ether oxygens (including phenoxy) is 2. The fourth-order valence-electron chi connectivity index (χ4n) is 5.75. The molecule has 1 N–H and O–H groups in total. The summed E-state index contributed by atoms with van der Waals surface area (Å²) in [5.41, 5.74) is 4.47. The van der Waals surface area contributed by atoms with E-state index in [0.29, 0.717) is 25.5 Å². The van der Waals surface area contributed by atoms with Crippen molar-refractivity contribution in [2.24, 2.45) is 0 Å². The van der Waals surface area contributed by atoms with Gasteiger partial charge in [-0.15, -0.1) is 0 Å². The molecular formula is C33H34N8O3. The second-order valence-electron chi connectivity index (χ2n) is 11.4. The Morgan fingerprint density at radius 2 is 2.02 bits per heavy atom. The monoisotopic (exact) mass is 590 g/mol. The van der Waals surface area contributed by atoms with Crippen LogP contribution in [-0.2, 0) is 4.79 Å². The van der Waals surface area contributed by atoms with Crippen LogP contribution in [0.2, 0.25) is 0 Å². The fraction of sp³-hybridized carbons (Fsp3) is 0.273. The van der Waals surface area contributed by atoms with Gasteiger partial charge >= 0.3 is 0 Å². The molecule has 3 aromatic heterocycles. The molecule has 2 aliphatic rings. The minimum Gasteiger partial charge on any atom is -0.489 e. The van der Waals surface area contributed by atoms with E-state index in [2.05, 4.69) is 31.2 Å². The summed E-state index contributed by atoms with van der Waals surface area (Å²) in [5.74, 6) is 3.00. The van der Waals surface area contributed by atoms with Crippen molar-refractivity contribution in [2.45, 2.75) is 13.0 Å². The van der Waals surface area contributed by atoms with Crippen molar-refractivity contribution in [1.29, 1.82) is 0 Å². The lowest BCUT2D eigenvalue weighted by Gasteiger charge is -2.39. The highest BCUT2D eigenvalue weighted by Crippen LogP contribution is 2.39. The number of nitrogens with one attached hydrogen (secondary N) is 1. The summed E-state index contributed by atoms with van der Waals surface area (Å²) in [7, 11) is 3.97. The number of carbonyl (C=O) groups is 1. The third kappa shape index (κ3) is 5.49. The average Bonchev–Trinajstić information content (AvgIpc) is 3.44. The number of hydrogen-bond donors (Lipinski definition) is 1. The van der Waals surface area contributed by atoms with E-state index >= 15 is 0 Å². The van der Waals surface area contributed by atoms with Crippen LogP contribution in [0.5, 0.6) is 17.2 Å². The molecule has 0 spiro atoms. The molecule has 0 radical (unpaired) electrons. The summed E-state index contributed by atoms with van der Waals surface area (Å²) in [6.45, 7) is 5.23. The zero-order valence-corrected chi connectivity index (χ0v) is 25.0. The van der Waals surface area contributed by atoms with Crippen LogP contribution in [0.15, 0.2) is 79.5 Å². The topological polar surface area (TPSA) is 100 Å². The highest BCUT2D eigenvalue weighted by atomic mass is 16.5. The first-order chi connectivity index (χ1) is 21.4. The highest BCUT2D eigenvalue weighted by Gasteiger charge is 2.34. The van der Waals surface area contributed by atoms with Crippen molar-refractivity contribution in [1.82, 2.24) is 29.2 Å². The Bertz CT molecular complexity index is 1880. The third-order valence-electron chi connectivity index (χ3n) is 8.02. The average molecular weight is 591 g/mol. The van der Waals surface area contributed by atoms with Gasteiger partial charge < -0.3 is 33.9 Å². The number of fused-ring (bicyclic) bond motifs is 6. The number of piperazine rings is 1. The number of pyridine rings is 1. The van der Waals surface area contributed by atoms with Gasteiger partial charge in [-0.3, -0.25) is 4.79 Å². The third-order valence-corrected chi connectivity index (χ3v) is 8.02. The molecule has 1 atom stereocenters. The summed E-state index contributed by atoms with van der Waals surface area (Å²) in [5, 5.41) is 4.38. The normalized spacial score (nSPS) is 16.3. The Balaban J connectivity index is 1.10. The second-order valence-corrected chi connectivity index (χ2v) is 11.4. The highest BCUT2D eigenvalue weighted by molar-refractivity contribution is 5.95. The number of aryl methyl sites for hydroxylation is 1. The molecule has 0 aliphatic carbocycles. The van der Waals surface area contributed by atoms with Gasteiger partial charge in [0.15, 0.2) is 0 Å². The Morgan fingerprint density at radius 1 is 1.11 bits per heavy atom. The predicted octanol–water partition coefficient (Wildman–Crippen LogP) is 4.65. The van der Waals surface area contributed by atoms with Crippen LogP contribution in [0.3, 0.4) is 0 Å². The standard InChI is InChI=1S/C33H34N8O3/c1-22-15-23(6-7-29(22)44-25-8-11-39-12-9-34-31(39)16-25)37-33-26-17-28-30(18-27(26)35-21-36-33)43-20-24-19-40(28)13-14-41(24)32(42)5-4-10-38(2)3/h4-9,11-12,15-18,21,24H,10,13-14,19-20H2,1-3H3,(H,35,36,37)/b5-4+/t24-/m1/s1. The Kier molecular flexibility index (Phi) is 7.23. The van der Waals surface area contributed by atoms with Crippen LogP contribution in [0.1, 0.15) is 5.56 Å². The number of nitrogens with zero attached hydrogens (tertiary/aromatic N) is 7. The van der Waals surface area contributed by atoms with Crippen LogP contribution in [-0.4, -0.2) is 88.0 Å². The number of benzene rings is 2. The van der Waals surface area contributed by atoms with E-state index in [0.717, 1.165) is 63.8 Å². The van der Waals surface area contributed by atoms with Gasteiger partial charge in [0.25, 0.3) is 0 Å². The molecule has 0 saturated carbocycles. The number of carbonyl (C=O) groups excluding carboxylic acids is 1. The largest absolute Gasteiger partial charge is 0.489 e. The lowest BCUT2D eigenvalue weighted by molar-refractivity contribution is -0.129. The zero-order valence-electron chi connectivity index (χ0n) is 25.0. The van der Waals surface area contributed by atoms with Crippen molar-refractivity contribution in [3.63, 3.8) is 0 Å². The molecule has 0 unspecified atom stereocenters. The predicted molar refractivity (Wildman–Crippen MR) is 170 cm³/mol. The first-order valence-corrected chi connectivity index (χ1v) is 14.7. The number of amides is 1. The summed E-state index contributed by atoms with van der Waals surface area (Å²) in [6, 6.07) is 13.8. The van der Waals surface area contributed by atoms with Crippen molar-refractivity contribution < 1.29 is 14.3 Å². The van der Waals surface area contributed by atoms with Gasteiger partial charge in [0.05, 0.1) is 17.2 Å². The Hall–Kier alpha value is -5.16. The molecule has 7 rings (SSSR count). The summed E-state index contributed by atoms with van der Waals surface area (Å²) < 4.78 is 14.4. The van der Waals surface area contributed by atoms with Crippen molar-refractivity contribution in [2.75, 3.05) is 57.1 Å². The van der Waals surface area contributed by atoms with Crippen LogP contribution in [0, 0.1) is 6.92 Å². The van der Waals surface area contributed by atoms with Crippen LogP contribution < -0.4 is 19.7 Å². The van der Waals surface area contributed by atoms with E-state index in [4.69, 9.17) is 9.47 Å². The van der Waals surface area contributed by atoms with Crippen molar-refractivity contribution in [3.8, 4) is 17.2 Å². The number of rotatable bonds is 7. The molecule has 1 saturated heterocycles. The number of hydrogen-bond acceptors (Lipinski definition) is 9. The van der Waals surface area contributed by atoms with E-state index in [9.17, 15) is 4.79 Å². The molecule has 44 heavy (non-hydrogen) atoms. The van der Waals surface area contributed by atoms with Gasteiger partial charge in [-0.25, -0.2) is 15.0 Å². The molecule has 2 aromatic carbocycles. The molecule has 11 nitrogen and oxygen atoms in total. The van der Waals surface area contributed by atoms with Crippen LogP contribution in [0.4, 0.5) is 17.2 Å². The van der Waals surface area contributed by atoms with E-state index in [-0.39, 0.29) is 11.9 Å². The number of likely N-dealkylation sites (N-methyl/N-ethyl adjacent to an activating group) is 1. The minimum absolute atomic E-state index is 0.0272. The lowest BCUT2D eigenvalue weighted by atomic mass is 10.1. The molecule has 224 valence electrons. The maximum Gasteiger partial charge on any atom is 0.246 e. The smallest absolute Gasteiger partial charge is 0.246 e. The maximum atomic E-state index is 13.0. The Labute approximate surface area is 255 Å². The first-order valence-electron chi connectivity index (χ1n) is 14.7. The summed E-state index contributed by atoms with van der Waals surface area (Å²) >= 11 is 0. The minimum atomic E-state index is -0.0372. The van der Waals surface area contributed by atoms with Gasteiger partial charge in [-0.2, -0.15) is 0 Å². The molecule has 1 fully saturated rings. The van der Waals surface area contributed by atoms with Gasteiger partial charge in [-0.1, -0.05) is 6.08 Å². The number of imidazole rings is 1. The summed E-state index contributed by atoms with van der Waals surface area (Å²) in [4.78, 5) is 32.7. The van der Waals surface area contributed by atoms with Crippen molar-refractivity contribution in [3.05, 3.63) is 85.1 Å². The van der Waals surface area contributed by atoms with E-state index in [1.54, 1.807) is 18.6 Å². The van der Waals surface area contributed by atoms with Crippen LogP contribution >= 0.6 is 0 Å².